The molecule has 1 aliphatic carbocycles. The molecule has 0 aliphatic heterocycles. The van der Waals surface area contributed by atoms with Crippen LogP contribution in [0.25, 0.3) is 0 Å². The van der Waals surface area contributed by atoms with Gasteiger partial charge in [-0.05, 0) is 39.2 Å². The summed E-state index contributed by atoms with van der Waals surface area (Å²) in [5.74, 6) is 0.915. The Hall–Kier alpha value is -0.590. The number of aliphatic hydroxyl groups is 1. The average Bonchev–Trinajstić information content (AvgIpc) is 2.28. The van der Waals surface area contributed by atoms with Crippen molar-refractivity contribution < 1.29 is 5.11 Å². The summed E-state index contributed by atoms with van der Waals surface area (Å²) in [6.45, 7) is 4.71. The average molecular weight is 238 g/mol. The third-order valence-electron chi connectivity index (χ3n) is 3.91. The second-order valence-corrected chi connectivity index (χ2v) is 5.56. The minimum Gasteiger partial charge on any atom is -0.392 e. The van der Waals surface area contributed by atoms with Gasteiger partial charge in [-0.3, -0.25) is 4.90 Å². The van der Waals surface area contributed by atoms with Crippen molar-refractivity contribution in [2.75, 3.05) is 13.6 Å². The van der Waals surface area contributed by atoms with Gasteiger partial charge in [-0.2, -0.15) is 5.26 Å². The maximum absolute atomic E-state index is 9.46. The molecule has 0 saturated heterocycles. The Kier molecular flexibility index (Phi) is 5.94. The van der Waals surface area contributed by atoms with Crippen molar-refractivity contribution in [1.82, 2.24) is 4.90 Å². The van der Waals surface area contributed by atoms with E-state index in [2.05, 4.69) is 17.9 Å². The van der Waals surface area contributed by atoms with Crippen LogP contribution in [0.1, 0.15) is 46.0 Å². The van der Waals surface area contributed by atoms with Crippen LogP contribution in [0.3, 0.4) is 0 Å². The van der Waals surface area contributed by atoms with Crippen LogP contribution >= 0.6 is 0 Å². The van der Waals surface area contributed by atoms with Gasteiger partial charge >= 0.3 is 0 Å². The molecule has 1 saturated carbocycles. The Labute approximate surface area is 105 Å². The highest BCUT2D eigenvalue weighted by molar-refractivity contribution is 4.97. The fourth-order valence-corrected chi connectivity index (χ4v) is 3.09. The smallest absolute Gasteiger partial charge is 0.0672 e. The molecule has 3 nitrogen and oxygen atoms in total. The van der Waals surface area contributed by atoms with E-state index in [1.54, 1.807) is 0 Å². The van der Waals surface area contributed by atoms with Crippen molar-refractivity contribution in [2.45, 2.75) is 58.1 Å². The topological polar surface area (TPSA) is 47.3 Å². The molecule has 4 atom stereocenters. The Morgan fingerprint density at radius 2 is 2.18 bits per heavy atom. The molecule has 1 N–H and O–H groups in total. The fraction of sp³-hybridized carbons (Fsp3) is 0.929. The molecule has 0 aromatic rings. The largest absolute Gasteiger partial charge is 0.392 e. The number of nitrogens with zero attached hydrogens (tertiary/aromatic N) is 2. The summed E-state index contributed by atoms with van der Waals surface area (Å²) in [5, 5.41) is 18.7. The first kappa shape index (κ1) is 14.5. The Balaban J connectivity index is 2.59. The molecule has 0 aromatic heterocycles. The summed E-state index contributed by atoms with van der Waals surface area (Å²) < 4.78 is 0. The maximum Gasteiger partial charge on any atom is 0.0672 e. The van der Waals surface area contributed by atoms with Crippen molar-refractivity contribution in [2.24, 2.45) is 11.8 Å². The van der Waals surface area contributed by atoms with Crippen LogP contribution in [0.5, 0.6) is 0 Å². The molecule has 4 unspecified atom stereocenters. The van der Waals surface area contributed by atoms with Crippen molar-refractivity contribution in [3.8, 4) is 6.07 Å². The van der Waals surface area contributed by atoms with Crippen molar-refractivity contribution in [1.29, 1.82) is 5.26 Å². The standard InChI is InChI=1S/C14H26N2O/c1-4-5-12-6-7-13(9-15)14(8-12)16(3)10-11(2)17/h11-14,17H,4-8,10H2,1-3H3. The maximum atomic E-state index is 9.46. The van der Waals surface area contributed by atoms with Crippen LogP contribution in [0.4, 0.5) is 0 Å². The first-order valence-electron chi connectivity index (χ1n) is 6.86. The Morgan fingerprint density at radius 1 is 1.47 bits per heavy atom. The Morgan fingerprint density at radius 3 is 2.71 bits per heavy atom. The zero-order valence-corrected chi connectivity index (χ0v) is 11.4. The first-order chi connectivity index (χ1) is 8.08. The summed E-state index contributed by atoms with van der Waals surface area (Å²) in [7, 11) is 2.04. The molecule has 1 aliphatic rings. The molecule has 0 aromatic carbocycles. The lowest BCUT2D eigenvalue weighted by atomic mass is 9.76. The minimum atomic E-state index is -0.314. The highest BCUT2D eigenvalue weighted by Crippen LogP contribution is 2.34. The predicted octanol–water partition coefficient (Wildman–Crippen LogP) is 2.41. The van der Waals surface area contributed by atoms with E-state index in [9.17, 15) is 10.4 Å². The van der Waals surface area contributed by atoms with Crippen LogP contribution in [0, 0.1) is 23.2 Å². The number of likely N-dealkylation sites (N-methyl/N-ethyl adjacent to an activating group) is 1. The van der Waals surface area contributed by atoms with Crippen molar-refractivity contribution in [3.63, 3.8) is 0 Å². The van der Waals surface area contributed by atoms with Gasteiger partial charge in [0.05, 0.1) is 18.1 Å². The van der Waals surface area contributed by atoms with Gasteiger partial charge in [-0.15, -0.1) is 0 Å². The predicted molar refractivity (Wildman–Crippen MR) is 69.5 cm³/mol. The first-order valence-corrected chi connectivity index (χ1v) is 6.86. The third kappa shape index (κ3) is 4.29. The summed E-state index contributed by atoms with van der Waals surface area (Å²) in [5.41, 5.74) is 0. The highest BCUT2D eigenvalue weighted by atomic mass is 16.3. The zero-order valence-electron chi connectivity index (χ0n) is 11.4. The van der Waals surface area contributed by atoms with Gasteiger partial charge in [-0.25, -0.2) is 0 Å². The van der Waals surface area contributed by atoms with Gasteiger partial charge in [0.2, 0.25) is 0 Å². The molecular weight excluding hydrogens is 212 g/mol. The quantitative estimate of drug-likeness (QED) is 0.800. The molecule has 17 heavy (non-hydrogen) atoms. The van der Waals surface area contributed by atoms with Gasteiger partial charge in [0, 0.05) is 12.6 Å². The molecular formula is C14H26N2O. The van der Waals surface area contributed by atoms with Gasteiger partial charge < -0.3 is 5.11 Å². The second-order valence-electron chi connectivity index (χ2n) is 5.56. The number of rotatable bonds is 5. The van der Waals surface area contributed by atoms with Gasteiger partial charge in [0.15, 0.2) is 0 Å². The molecule has 0 heterocycles. The second kappa shape index (κ2) is 6.98. The molecule has 1 rings (SSSR count). The number of aliphatic hydroxyl groups excluding tert-OH is 1. The van der Waals surface area contributed by atoms with Crippen LogP contribution in [0.15, 0.2) is 0 Å². The molecule has 3 heteroatoms. The van der Waals surface area contributed by atoms with Crippen molar-refractivity contribution in [3.05, 3.63) is 0 Å². The van der Waals surface area contributed by atoms with Gasteiger partial charge in [0.1, 0.15) is 0 Å². The van der Waals surface area contributed by atoms with E-state index in [4.69, 9.17) is 0 Å². The summed E-state index contributed by atoms with van der Waals surface area (Å²) >= 11 is 0. The van der Waals surface area contributed by atoms with Crippen LogP contribution in [-0.2, 0) is 0 Å². The SMILES string of the molecule is CCCC1CCC(C#N)C(N(C)CC(C)O)C1. The monoisotopic (exact) mass is 238 g/mol. The molecule has 98 valence electrons. The molecule has 0 radical (unpaired) electrons. The fourth-order valence-electron chi connectivity index (χ4n) is 3.09. The summed E-state index contributed by atoms with van der Waals surface area (Å²) in [6.07, 6.45) is 5.54. The Bertz CT molecular complexity index is 259. The van der Waals surface area contributed by atoms with Crippen LogP contribution in [-0.4, -0.2) is 35.7 Å². The van der Waals surface area contributed by atoms with Gasteiger partial charge in [-0.1, -0.05) is 19.8 Å². The van der Waals surface area contributed by atoms with Crippen molar-refractivity contribution >= 4 is 0 Å². The van der Waals surface area contributed by atoms with Crippen LogP contribution < -0.4 is 0 Å². The van der Waals surface area contributed by atoms with E-state index in [1.165, 1.54) is 19.3 Å². The van der Waals surface area contributed by atoms with E-state index in [0.29, 0.717) is 12.6 Å². The van der Waals surface area contributed by atoms with E-state index in [1.807, 2.05) is 14.0 Å². The molecule has 0 spiro atoms. The normalized spacial score (nSPS) is 31.2. The van der Waals surface area contributed by atoms with E-state index in [-0.39, 0.29) is 12.0 Å². The lowest BCUT2D eigenvalue weighted by Crippen LogP contribution is -2.44. The number of hydrogen-bond acceptors (Lipinski definition) is 3. The number of nitriles is 1. The van der Waals surface area contributed by atoms with Crippen LogP contribution in [0.2, 0.25) is 0 Å². The summed E-state index contributed by atoms with van der Waals surface area (Å²) in [6, 6.07) is 2.78. The lowest BCUT2D eigenvalue weighted by molar-refractivity contribution is 0.0722. The molecule has 1 fully saturated rings. The van der Waals surface area contributed by atoms with E-state index in [0.717, 1.165) is 18.8 Å². The summed E-state index contributed by atoms with van der Waals surface area (Å²) in [4.78, 5) is 2.18. The third-order valence-corrected chi connectivity index (χ3v) is 3.91. The highest BCUT2D eigenvalue weighted by Gasteiger charge is 2.32. The van der Waals surface area contributed by atoms with Gasteiger partial charge in [0.25, 0.3) is 0 Å². The molecule has 0 amide bonds. The van der Waals surface area contributed by atoms with E-state index < -0.39 is 0 Å². The molecule has 0 bridgehead atoms. The lowest BCUT2D eigenvalue weighted by Gasteiger charge is -2.39. The zero-order chi connectivity index (χ0) is 12.8. The minimum absolute atomic E-state index is 0.145. The van der Waals surface area contributed by atoms with E-state index >= 15 is 0 Å². The number of hydrogen-bond donors (Lipinski definition) is 1.